The van der Waals surface area contributed by atoms with Crippen molar-refractivity contribution in [2.24, 2.45) is 0 Å². The molecule has 0 saturated heterocycles. The van der Waals surface area contributed by atoms with E-state index in [1.807, 2.05) is 0 Å². The fourth-order valence-electron chi connectivity index (χ4n) is 1.71. The van der Waals surface area contributed by atoms with Crippen molar-refractivity contribution in [1.29, 1.82) is 0 Å². The van der Waals surface area contributed by atoms with Crippen LogP contribution in [0.1, 0.15) is 12.8 Å². The van der Waals surface area contributed by atoms with Gasteiger partial charge in [0, 0.05) is 11.1 Å². The van der Waals surface area contributed by atoms with Crippen molar-refractivity contribution in [3.8, 4) is 5.75 Å². The quantitative estimate of drug-likeness (QED) is 0.892. The number of carbonyl (C=O) groups is 1. The van der Waals surface area contributed by atoms with Crippen LogP contribution in [0.5, 0.6) is 5.75 Å². The van der Waals surface area contributed by atoms with Crippen LogP contribution < -0.4 is 10.1 Å². The second-order valence-electron chi connectivity index (χ2n) is 4.25. The molecule has 0 spiro atoms. The number of rotatable bonds is 4. The molecule has 1 aliphatic rings. The maximum absolute atomic E-state index is 11.5. The van der Waals surface area contributed by atoms with Crippen LogP contribution in [0.25, 0.3) is 0 Å². The SMILES string of the molecule is O=C(COc1ccc(Cl)cc1Cl)NC1CC(O)C1. The molecule has 0 unspecified atom stereocenters. The molecule has 4 nitrogen and oxygen atoms in total. The highest BCUT2D eigenvalue weighted by atomic mass is 35.5. The minimum Gasteiger partial charge on any atom is -0.482 e. The molecular weight excluding hydrogens is 277 g/mol. The summed E-state index contributed by atoms with van der Waals surface area (Å²) in [7, 11) is 0. The number of nitrogens with one attached hydrogen (secondary N) is 1. The third-order valence-electron chi connectivity index (χ3n) is 2.73. The maximum Gasteiger partial charge on any atom is 0.258 e. The highest BCUT2D eigenvalue weighted by Gasteiger charge is 2.28. The average Bonchev–Trinajstić information content (AvgIpc) is 2.26. The van der Waals surface area contributed by atoms with Crippen LogP contribution in [0.15, 0.2) is 18.2 Å². The summed E-state index contributed by atoms with van der Waals surface area (Å²) in [6.45, 7) is -0.103. The molecule has 0 radical (unpaired) electrons. The Labute approximate surface area is 115 Å². The summed E-state index contributed by atoms with van der Waals surface area (Å²) in [5.41, 5.74) is 0. The Morgan fingerprint density at radius 1 is 1.44 bits per heavy atom. The van der Waals surface area contributed by atoms with E-state index < -0.39 is 0 Å². The monoisotopic (exact) mass is 289 g/mol. The zero-order valence-electron chi connectivity index (χ0n) is 9.53. The fourth-order valence-corrected chi connectivity index (χ4v) is 2.17. The molecule has 6 heteroatoms. The smallest absolute Gasteiger partial charge is 0.258 e. The summed E-state index contributed by atoms with van der Waals surface area (Å²) in [5, 5.41) is 12.7. The zero-order chi connectivity index (χ0) is 13.1. The number of hydrogen-bond acceptors (Lipinski definition) is 3. The first-order valence-electron chi connectivity index (χ1n) is 5.60. The molecule has 0 atom stereocenters. The van der Waals surface area contributed by atoms with E-state index in [1.165, 1.54) is 0 Å². The molecule has 0 heterocycles. The molecule has 0 aromatic heterocycles. The standard InChI is InChI=1S/C12H13Cl2NO3/c13-7-1-2-11(10(14)3-7)18-6-12(17)15-8-4-9(16)5-8/h1-3,8-9,16H,4-6H2,(H,15,17). The number of amides is 1. The maximum atomic E-state index is 11.5. The van der Waals surface area contributed by atoms with Crippen LogP contribution in [-0.2, 0) is 4.79 Å². The number of carbonyl (C=O) groups excluding carboxylic acids is 1. The van der Waals surface area contributed by atoms with E-state index >= 15 is 0 Å². The van der Waals surface area contributed by atoms with Crippen molar-refractivity contribution in [2.75, 3.05) is 6.61 Å². The number of benzene rings is 1. The summed E-state index contributed by atoms with van der Waals surface area (Å²) in [6, 6.07) is 4.86. The van der Waals surface area contributed by atoms with Crippen molar-refractivity contribution in [3.05, 3.63) is 28.2 Å². The van der Waals surface area contributed by atoms with Crippen LogP contribution in [0.2, 0.25) is 10.0 Å². The van der Waals surface area contributed by atoms with Gasteiger partial charge >= 0.3 is 0 Å². The lowest BCUT2D eigenvalue weighted by molar-refractivity contribution is -0.125. The van der Waals surface area contributed by atoms with Gasteiger partial charge in [-0.3, -0.25) is 4.79 Å². The van der Waals surface area contributed by atoms with E-state index in [1.54, 1.807) is 18.2 Å². The zero-order valence-corrected chi connectivity index (χ0v) is 11.0. The van der Waals surface area contributed by atoms with Gasteiger partial charge in [0.1, 0.15) is 5.75 Å². The molecule has 98 valence electrons. The van der Waals surface area contributed by atoms with E-state index in [0.29, 0.717) is 28.6 Å². The molecule has 18 heavy (non-hydrogen) atoms. The molecule has 0 aliphatic heterocycles. The summed E-state index contributed by atoms with van der Waals surface area (Å²) < 4.78 is 5.28. The molecule has 1 saturated carbocycles. The van der Waals surface area contributed by atoms with Gasteiger partial charge in [-0.1, -0.05) is 23.2 Å². The molecule has 2 rings (SSSR count). The van der Waals surface area contributed by atoms with Gasteiger partial charge in [-0.2, -0.15) is 0 Å². The van der Waals surface area contributed by atoms with Gasteiger partial charge in [0.2, 0.25) is 0 Å². The first kappa shape index (κ1) is 13.5. The number of aliphatic hydroxyl groups is 1. The largest absolute Gasteiger partial charge is 0.482 e. The Hall–Kier alpha value is -0.970. The number of halogens is 2. The minimum absolute atomic E-state index is 0.0526. The van der Waals surface area contributed by atoms with Gasteiger partial charge in [-0.05, 0) is 31.0 Å². The number of hydrogen-bond donors (Lipinski definition) is 2. The summed E-state index contributed by atoms with van der Waals surface area (Å²) in [6.07, 6.45) is 0.919. The van der Waals surface area contributed by atoms with Gasteiger partial charge in [-0.15, -0.1) is 0 Å². The average molecular weight is 290 g/mol. The van der Waals surface area contributed by atoms with E-state index in [2.05, 4.69) is 5.32 Å². The van der Waals surface area contributed by atoms with E-state index in [-0.39, 0.29) is 24.7 Å². The second-order valence-corrected chi connectivity index (χ2v) is 5.10. The van der Waals surface area contributed by atoms with Crippen LogP contribution in [-0.4, -0.2) is 29.8 Å². The van der Waals surface area contributed by atoms with E-state index in [9.17, 15) is 4.79 Å². The molecule has 1 aromatic rings. The molecule has 1 aliphatic carbocycles. The Kier molecular flexibility index (Phi) is 4.32. The third kappa shape index (κ3) is 3.51. The van der Waals surface area contributed by atoms with E-state index in [4.69, 9.17) is 33.0 Å². The highest BCUT2D eigenvalue weighted by Crippen LogP contribution is 2.27. The van der Waals surface area contributed by atoms with Crippen molar-refractivity contribution in [2.45, 2.75) is 25.0 Å². The van der Waals surface area contributed by atoms with Crippen LogP contribution in [0.3, 0.4) is 0 Å². The van der Waals surface area contributed by atoms with Crippen molar-refractivity contribution >= 4 is 29.1 Å². The van der Waals surface area contributed by atoms with Crippen LogP contribution >= 0.6 is 23.2 Å². The molecule has 1 amide bonds. The third-order valence-corrected chi connectivity index (χ3v) is 3.26. The van der Waals surface area contributed by atoms with Gasteiger partial charge in [0.05, 0.1) is 11.1 Å². The summed E-state index contributed by atoms with van der Waals surface area (Å²) in [5.74, 6) is 0.197. The minimum atomic E-state index is -0.290. The van der Waals surface area contributed by atoms with Crippen LogP contribution in [0, 0.1) is 0 Å². The second kappa shape index (κ2) is 5.78. The van der Waals surface area contributed by atoms with Gasteiger partial charge in [0.25, 0.3) is 5.91 Å². The predicted octanol–water partition coefficient (Wildman–Crippen LogP) is 2.01. The molecule has 0 bridgehead atoms. The molecule has 1 fully saturated rings. The lowest BCUT2D eigenvalue weighted by Crippen LogP contribution is -2.48. The normalized spacial score (nSPS) is 22.2. The lowest BCUT2D eigenvalue weighted by atomic mass is 9.89. The highest BCUT2D eigenvalue weighted by molar-refractivity contribution is 6.35. The first-order chi connectivity index (χ1) is 8.54. The van der Waals surface area contributed by atoms with Gasteiger partial charge in [0.15, 0.2) is 6.61 Å². The summed E-state index contributed by atoms with van der Waals surface area (Å²) >= 11 is 11.6. The predicted molar refractivity (Wildman–Crippen MR) is 69.1 cm³/mol. The number of ether oxygens (including phenoxy) is 1. The molecular formula is C12H13Cl2NO3. The van der Waals surface area contributed by atoms with E-state index in [0.717, 1.165) is 0 Å². The molecule has 1 aromatic carbocycles. The molecule has 2 N–H and O–H groups in total. The van der Waals surface area contributed by atoms with Crippen molar-refractivity contribution < 1.29 is 14.6 Å². The lowest BCUT2D eigenvalue weighted by Gasteiger charge is -2.31. The Balaban J connectivity index is 1.78. The Bertz CT molecular complexity index is 447. The van der Waals surface area contributed by atoms with Crippen LogP contribution in [0.4, 0.5) is 0 Å². The van der Waals surface area contributed by atoms with Gasteiger partial charge in [-0.25, -0.2) is 0 Å². The van der Waals surface area contributed by atoms with Gasteiger partial charge < -0.3 is 15.2 Å². The van der Waals surface area contributed by atoms with Crippen molar-refractivity contribution in [3.63, 3.8) is 0 Å². The topological polar surface area (TPSA) is 58.6 Å². The Morgan fingerprint density at radius 2 is 2.17 bits per heavy atom. The summed E-state index contributed by atoms with van der Waals surface area (Å²) in [4.78, 5) is 11.5. The Morgan fingerprint density at radius 3 is 2.78 bits per heavy atom. The number of aliphatic hydroxyl groups excluding tert-OH is 1. The first-order valence-corrected chi connectivity index (χ1v) is 6.35. The van der Waals surface area contributed by atoms with Crippen molar-refractivity contribution in [1.82, 2.24) is 5.32 Å². The fraction of sp³-hybridized carbons (Fsp3) is 0.417.